The van der Waals surface area contributed by atoms with Gasteiger partial charge in [0, 0.05) is 62.9 Å². The number of carbonyl (C=O) groups excluding carboxylic acids is 1. The molecule has 1 fully saturated rings. The summed E-state index contributed by atoms with van der Waals surface area (Å²) in [5, 5.41) is 6.41. The minimum Gasteiger partial charge on any atom is -0.493 e. The molecule has 0 spiro atoms. The highest BCUT2D eigenvalue weighted by Crippen LogP contribution is 2.40. The number of carbonyl (C=O) groups is 1. The number of amides is 1. The predicted molar refractivity (Wildman–Crippen MR) is 156 cm³/mol. The summed E-state index contributed by atoms with van der Waals surface area (Å²) in [7, 11) is 6.86. The number of hydrogen-bond acceptors (Lipinski definition) is 9. The average Bonchev–Trinajstić information content (AvgIpc) is 2.99. The van der Waals surface area contributed by atoms with Crippen LogP contribution in [0, 0.1) is 5.92 Å². The molecule has 0 unspecified atom stereocenters. The number of ether oxygens (including phenoxy) is 3. The van der Waals surface area contributed by atoms with Gasteiger partial charge in [0.25, 0.3) is 0 Å². The Balaban J connectivity index is 1.22. The molecule has 0 aliphatic carbocycles. The van der Waals surface area contributed by atoms with Crippen molar-refractivity contribution in [3.8, 4) is 17.2 Å². The molecule has 10 nitrogen and oxygen atoms in total. The Morgan fingerprint density at radius 2 is 1.82 bits per heavy atom. The van der Waals surface area contributed by atoms with Crippen LogP contribution in [-0.2, 0) is 17.8 Å². The average molecular weight is 547 g/mol. The molecule has 1 aromatic heterocycles. The first-order valence-electron chi connectivity index (χ1n) is 13.7. The Bertz CT molecular complexity index is 1320. The van der Waals surface area contributed by atoms with E-state index in [-0.39, 0.29) is 11.8 Å². The van der Waals surface area contributed by atoms with Crippen LogP contribution in [0.15, 0.2) is 42.6 Å². The van der Waals surface area contributed by atoms with Gasteiger partial charge in [0.1, 0.15) is 5.82 Å². The molecule has 10 heteroatoms. The molecule has 2 aliphatic rings. The third-order valence-corrected chi connectivity index (χ3v) is 7.64. The third kappa shape index (κ3) is 6.00. The zero-order valence-corrected chi connectivity index (χ0v) is 23.7. The fourth-order valence-electron chi connectivity index (χ4n) is 5.55. The van der Waals surface area contributed by atoms with Crippen molar-refractivity contribution in [3.63, 3.8) is 0 Å². The van der Waals surface area contributed by atoms with Gasteiger partial charge in [-0.25, -0.2) is 4.98 Å². The first kappa shape index (κ1) is 27.4. The first-order chi connectivity index (χ1) is 19.5. The van der Waals surface area contributed by atoms with Gasteiger partial charge in [-0.05, 0) is 48.9 Å². The van der Waals surface area contributed by atoms with E-state index >= 15 is 0 Å². The molecule has 2 aliphatic heterocycles. The normalized spacial score (nSPS) is 16.6. The molecule has 212 valence electrons. The van der Waals surface area contributed by atoms with Crippen molar-refractivity contribution in [2.75, 3.05) is 63.1 Å². The molecular weight excluding hydrogens is 508 g/mol. The number of rotatable bonds is 9. The van der Waals surface area contributed by atoms with E-state index in [0.29, 0.717) is 42.0 Å². The molecule has 3 aromatic rings. The number of fused-ring (bicyclic) bond motifs is 1. The summed E-state index contributed by atoms with van der Waals surface area (Å²) in [6.45, 7) is 3.09. The molecule has 1 saturated heterocycles. The predicted octanol–water partition coefficient (Wildman–Crippen LogP) is 4.16. The van der Waals surface area contributed by atoms with Gasteiger partial charge in [-0.3, -0.25) is 4.79 Å². The number of aromatic nitrogens is 2. The number of anilines is 4. The van der Waals surface area contributed by atoms with Gasteiger partial charge >= 0.3 is 0 Å². The molecular formula is C30H38N6O4. The number of methoxy groups -OCH3 is 3. The molecule has 5 rings (SSSR count). The maximum Gasteiger partial charge on any atom is 0.229 e. The summed E-state index contributed by atoms with van der Waals surface area (Å²) in [5.41, 5.74) is 4.52. The monoisotopic (exact) mass is 546 g/mol. The van der Waals surface area contributed by atoms with Crippen molar-refractivity contribution >= 4 is 29.0 Å². The van der Waals surface area contributed by atoms with E-state index in [1.54, 1.807) is 39.7 Å². The van der Waals surface area contributed by atoms with Crippen LogP contribution in [0.1, 0.15) is 30.4 Å². The summed E-state index contributed by atoms with van der Waals surface area (Å²) in [6, 6.07) is 12.0. The van der Waals surface area contributed by atoms with Crippen LogP contribution in [0.5, 0.6) is 17.2 Å². The summed E-state index contributed by atoms with van der Waals surface area (Å²) < 4.78 is 16.3. The standard InChI is InChI=1S/C30H38N6O4/c1-35-13-5-7-21-15-20(9-10-24(21)35)18-32-29(37)22-8-6-14-36(19-22)27-11-12-31-30(34-27)33-23-16-25(38-2)28(40-4)26(17-23)39-3/h9-12,15-17,22H,5-8,13-14,18-19H2,1-4H3,(H,32,37)(H,31,33,34)/t22-/m0/s1. The molecule has 0 radical (unpaired) electrons. The van der Waals surface area contributed by atoms with E-state index in [2.05, 4.69) is 50.7 Å². The lowest BCUT2D eigenvalue weighted by molar-refractivity contribution is -0.125. The second-order valence-electron chi connectivity index (χ2n) is 10.3. The molecule has 0 saturated carbocycles. The van der Waals surface area contributed by atoms with Gasteiger partial charge < -0.3 is 34.6 Å². The van der Waals surface area contributed by atoms with Crippen LogP contribution in [0.25, 0.3) is 0 Å². The second-order valence-corrected chi connectivity index (χ2v) is 10.3. The van der Waals surface area contributed by atoms with Crippen LogP contribution in [-0.4, -0.2) is 63.9 Å². The maximum absolute atomic E-state index is 13.1. The number of nitrogens with zero attached hydrogens (tertiary/aromatic N) is 4. The Hall–Kier alpha value is -4.21. The molecule has 3 heterocycles. The maximum atomic E-state index is 13.1. The van der Waals surface area contributed by atoms with E-state index in [9.17, 15) is 4.79 Å². The smallest absolute Gasteiger partial charge is 0.229 e. The van der Waals surface area contributed by atoms with Gasteiger partial charge in [-0.15, -0.1) is 0 Å². The lowest BCUT2D eigenvalue weighted by Crippen LogP contribution is -2.43. The Morgan fingerprint density at radius 3 is 2.58 bits per heavy atom. The Morgan fingerprint density at radius 1 is 1.02 bits per heavy atom. The van der Waals surface area contributed by atoms with Gasteiger partial charge in [0.2, 0.25) is 17.6 Å². The van der Waals surface area contributed by atoms with E-state index in [0.717, 1.165) is 43.7 Å². The number of nitrogens with one attached hydrogen (secondary N) is 2. The summed E-state index contributed by atoms with van der Waals surface area (Å²) in [4.78, 5) is 26.7. The number of aryl methyl sites for hydroxylation is 1. The van der Waals surface area contributed by atoms with Crippen LogP contribution in [0.2, 0.25) is 0 Å². The largest absolute Gasteiger partial charge is 0.493 e. The summed E-state index contributed by atoms with van der Waals surface area (Å²) in [6.07, 6.45) is 5.76. The molecule has 1 amide bonds. The fourth-order valence-corrected chi connectivity index (χ4v) is 5.55. The topological polar surface area (TPSA) is 101 Å². The Labute approximate surface area is 235 Å². The lowest BCUT2D eigenvalue weighted by atomic mass is 9.96. The Kier molecular flexibility index (Phi) is 8.42. The van der Waals surface area contributed by atoms with E-state index in [4.69, 9.17) is 19.2 Å². The highest BCUT2D eigenvalue weighted by atomic mass is 16.5. The minimum absolute atomic E-state index is 0.0874. The zero-order chi connectivity index (χ0) is 28.1. The lowest BCUT2D eigenvalue weighted by Gasteiger charge is -2.33. The summed E-state index contributed by atoms with van der Waals surface area (Å²) >= 11 is 0. The van der Waals surface area contributed by atoms with Crippen molar-refractivity contribution in [2.45, 2.75) is 32.2 Å². The van der Waals surface area contributed by atoms with E-state index < -0.39 is 0 Å². The highest BCUT2D eigenvalue weighted by molar-refractivity contribution is 5.79. The van der Waals surface area contributed by atoms with Crippen LogP contribution in [0.4, 0.5) is 23.1 Å². The number of piperidine rings is 1. The zero-order valence-electron chi connectivity index (χ0n) is 23.7. The molecule has 2 N–H and O–H groups in total. The van der Waals surface area contributed by atoms with Crippen LogP contribution in [0.3, 0.4) is 0 Å². The first-order valence-corrected chi connectivity index (χ1v) is 13.7. The van der Waals surface area contributed by atoms with Crippen molar-refractivity contribution in [2.24, 2.45) is 5.92 Å². The van der Waals surface area contributed by atoms with E-state index in [1.165, 1.54) is 17.7 Å². The van der Waals surface area contributed by atoms with Gasteiger partial charge in [-0.2, -0.15) is 4.98 Å². The fraction of sp³-hybridized carbons (Fsp3) is 0.433. The number of benzene rings is 2. The minimum atomic E-state index is -0.0982. The SMILES string of the molecule is COc1cc(Nc2nccc(N3CCC[C@H](C(=O)NCc4ccc5c(c4)CCCN5C)C3)n2)cc(OC)c1OC. The molecule has 1 atom stereocenters. The van der Waals surface area contributed by atoms with Crippen molar-refractivity contribution in [3.05, 3.63) is 53.7 Å². The van der Waals surface area contributed by atoms with Crippen molar-refractivity contribution < 1.29 is 19.0 Å². The van der Waals surface area contributed by atoms with Gasteiger partial charge in [0.15, 0.2) is 11.5 Å². The third-order valence-electron chi connectivity index (χ3n) is 7.64. The highest BCUT2D eigenvalue weighted by Gasteiger charge is 2.27. The van der Waals surface area contributed by atoms with Gasteiger partial charge in [0.05, 0.1) is 27.2 Å². The van der Waals surface area contributed by atoms with Gasteiger partial charge in [-0.1, -0.05) is 12.1 Å². The molecule has 2 aromatic carbocycles. The second kappa shape index (κ2) is 12.3. The quantitative estimate of drug-likeness (QED) is 0.410. The van der Waals surface area contributed by atoms with Crippen LogP contribution >= 0.6 is 0 Å². The van der Waals surface area contributed by atoms with E-state index in [1.807, 2.05) is 6.07 Å². The molecule has 40 heavy (non-hydrogen) atoms. The summed E-state index contributed by atoms with van der Waals surface area (Å²) in [5.74, 6) is 2.80. The van der Waals surface area contributed by atoms with Crippen molar-refractivity contribution in [1.82, 2.24) is 15.3 Å². The number of hydrogen-bond donors (Lipinski definition) is 2. The van der Waals surface area contributed by atoms with Crippen molar-refractivity contribution in [1.29, 1.82) is 0 Å². The van der Waals surface area contributed by atoms with Crippen LogP contribution < -0.4 is 34.6 Å². The molecule has 0 bridgehead atoms.